The van der Waals surface area contributed by atoms with Crippen molar-refractivity contribution in [2.45, 2.75) is 59.9 Å². The van der Waals surface area contributed by atoms with Crippen LogP contribution < -0.4 is 5.32 Å². The van der Waals surface area contributed by atoms with Crippen molar-refractivity contribution in [3.63, 3.8) is 0 Å². The summed E-state index contributed by atoms with van der Waals surface area (Å²) in [5.74, 6) is -0.266. The van der Waals surface area contributed by atoms with E-state index in [0.717, 1.165) is 16.7 Å². The molecule has 7 nitrogen and oxygen atoms in total. The van der Waals surface area contributed by atoms with Gasteiger partial charge in [0.25, 0.3) is 0 Å². The van der Waals surface area contributed by atoms with Crippen molar-refractivity contribution < 1.29 is 19.2 Å². The van der Waals surface area contributed by atoms with Gasteiger partial charge in [0, 0.05) is 27.8 Å². The average Bonchev–Trinajstić information content (AvgIpc) is 3.19. The molecule has 2 aromatic carbocycles. The molecule has 0 fully saturated rings. The minimum absolute atomic E-state index is 0.0732. The summed E-state index contributed by atoms with van der Waals surface area (Å²) < 4.78 is 7.86. The van der Waals surface area contributed by atoms with Crippen LogP contribution in [0.1, 0.15) is 59.9 Å². The maximum atomic E-state index is 13.0. The zero-order chi connectivity index (χ0) is 24.7. The number of nitrogens with zero attached hydrogens (tertiary/aromatic N) is 2. The number of benzene rings is 2. The number of fused-ring (bicyclic) bond motifs is 3. The predicted octanol–water partition coefficient (Wildman–Crippen LogP) is 6.22. The molecule has 2 atom stereocenters. The molecule has 1 aromatic heterocycles. The summed E-state index contributed by atoms with van der Waals surface area (Å²) in [7, 11) is 0. The number of ether oxygens (including phenoxy) is 1. The lowest BCUT2D eigenvalue weighted by Gasteiger charge is -2.30. The first kappa shape index (κ1) is 25.3. The Bertz CT molecular complexity index is 1130. The zero-order valence-electron chi connectivity index (χ0n) is 20.8. The van der Waals surface area contributed by atoms with Crippen molar-refractivity contribution in [3.05, 3.63) is 48.5 Å². The molecule has 34 heavy (non-hydrogen) atoms. The van der Waals surface area contributed by atoms with Crippen LogP contribution in [0.25, 0.3) is 21.8 Å². The molecule has 7 heteroatoms. The van der Waals surface area contributed by atoms with E-state index < -0.39 is 11.5 Å². The molecule has 0 saturated heterocycles. The molecule has 0 aliphatic heterocycles. The van der Waals surface area contributed by atoms with Crippen LogP contribution in [-0.2, 0) is 14.4 Å². The smallest absolute Gasteiger partial charge is 0.433 e. The van der Waals surface area contributed by atoms with Gasteiger partial charge in [0.2, 0.25) is 0 Å². The van der Waals surface area contributed by atoms with E-state index in [2.05, 4.69) is 58.4 Å². The highest BCUT2D eigenvalue weighted by Crippen LogP contribution is 2.38. The zero-order valence-corrected chi connectivity index (χ0v) is 20.8. The fourth-order valence-corrected chi connectivity index (χ4v) is 4.23. The van der Waals surface area contributed by atoms with Crippen LogP contribution in [-0.4, -0.2) is 35.5 Å². The largest absolute Gasteiger partial charge is 0.463 e. The normalized spacial score (nSPS) is 14.6. The lowest BCUT2D eigenvalue weighted by Crippen LogP contribution is -2.34. The standard InChI is InChI=1S/C27H35N3O4/c1-6-19(3)29-34-26(32)28-16-17-33-25(31)27(5,7-2)18-20(4)30-23-14-10-8-12-21(23)22-13-9-11-15-24(22)30/h8-15,20H,6-7,16-18H2,1-5H3,(H,28,32)/b29-19-. The number of rotatable bonds is 10. The second kappa shape index (κ2) is 11.2. The number of nitrogens with one attached hydrogen (secondary N) is 1. The van der Waals surface area contributed by atoms with Crippen molar-refractivity contribution >= 4 is 39.6 Å². The van der Waals surface area contributed by atoms with Gasteiger partial charge in [-0.15, -0.1) is 0 Å². The quantitative estimate of drug-likeness (QED) is 0.127. The molecule has 0 aliphatic rings. The lowest BCUT2D eigenvalue weighted by atomic mass is 9.81. The summed E-state index contributed by atoms with van der Waals surface area (Å²) >= 11 is 0. The summed E-state index contributed by atoms with van der Waals surface area (Å²) in [6.45, 7) is 10.0. The highest BCUT2D eigenvalue weighted by molar-refractivity contribution is 6.08. The van der Waals surface area contributed by atoms with Crippen LogP contribution in [0.5, 0.6) is 0 Å². The van der Waals surface area contributed by atoms with E-state index in [0.29, 0.717) is 19.3 Å². The van der Waals surface area contributed by atoms with Crippen molar-refractivity contribution in [2.24, 2.45) is 10.6 Å². The molecule has 0 saturated carbocycles. The second-order valence-corrected chi connectivity index (χ2v) is 8.99. The van der Waals surface area contributed by atoms with E-state index in [1.165, 1.54) is 10.8 Å². The molecular weight excluding hydrogens is 430 g/mol. The first-order chi connectivity index (χ1) is 16.3. The molecule has 0 aliphatic carbocycles. The van der Waals surface area contributed by atoms with Crippen molar-refractivity contribution in [1.29, 1.82) is 0 Å². The molecular formula is C27H35N3O4. The Morgan fingerprint density at radius 3 is 2.21 bits per heavy atom. The fraction of sp³-hybridized carbons (Fsp3) is 0.444. The highest BCUT2D eigenvalue weighted by Gasteiger charge is 2.35. The average molecular weight is 466 g/mol. The minimum Gasteiger partial charge on any atom is -0.463 e. The van der Waals surface area contributed by atoms with Crippen LogP contribution >= 0.6 is 0 Å². The summed E-state index contributed by atoms with van der Waals surface area (Å²) in [4.78, 5) is 29.4. The predicted molar refractivity (Wildman–Crippen MR) is 136 cm³/mol. The number of carbonyl (C=O) groups is 2. The minimum atomic E-state index is -0.665. The van der Waals surface area contributed by atoms with Gasteiger partial charge in [-0.25, -0.2) is 4.79 Å². The summed E-state index contributed by atoms with van der Waals surface area (Å²) in [6.07, 6.45) is 1.31. The Morgan fingerprint density at radius 1 is 1.06 bits per heavy atom. The van der Waals surface area contributed by atoms with Gasteiger partial charge >= 0.3 is 12.1 Å². The van der Waals surface area contributed by atoms with E-state index >= 15 is 0 Å². The maximum Gasteiger partial charge on any atom is 0.433 e. The molecule has 0 spiro atoms. The monoisotopic (exact) mass is 465 g/mol. The second-order valence-electron chi connectivity index (χ2n) is 8.99. The Labute approximate surface area is 201 Å². The van der Waals surface area contributed by atoms with E-state index in [9.17, 15) is 9.59 Å². The van der Waals surface area contributed by atoms with Crippen molar-refractivity contribution in [1.82, 2.24) is 9.88 Å². The van der Waals surface area contributed by atoms with Gasteiger partial charge in [-0.1, -0.05) is 55.4 Å². The van der Waals surface area contributed by atoms with Crippen molar-refractivity contribution in [2.75, 3.05) is 13.2 Å². The Balaban J connectivity index is 1.65. The number of amides is 1. The van der Waals surface area contributed by atoms with Gasteiger partial charge in [0.1, 0.15) is 6.61 Å². The molecule has 182 valence electrons. The number of hydrogen-bond acceptors (Lipinski definition) is 5. The molecule has 3 rings (SSSR count). The Hall–Kier alpha value is -3.35. The Morgan fingerprint density at radius 2 is 1.65 bits per heavy atom. The summed E-state index contributed by atoms with van der Waals surface area (Å²) in [6, 6.07) is 16.8. The third kappa shape index (κ3) is 5.58. The van der Waals surface area contributed by atoms with E-state index in [-0.39, 0.29) is 25.2 Å². The van der Waals surface area contributed by atoms with Crippen LogP contribution in [0.15, 0.2) is 53.7 Å². The molecule has 0 bridgehead atoms. The number of para-hydroxylation sites is 2. The van der Waals surface area contributed by atoms with Crippen LogP contribution in [0.3, 0.4) is 0 Å². The molecule has 1 heterocycles. The van der Waals surface area contributed by atoms with Crippen LogP contribution in [0, 0.1) is 5.41 Å². The number of aromatic nitrogens is 1. The van der Waals surface area contributed by atoms with Gasteiger partial charge in [-0.2, -0.15) is 0 Å². The van der Waals surface area contributed by atoms with Crippen LogP contribution in [0.2, 0.25) is 0 Å². The summed E-state index contributed by atoms with van der Waals surface area (Å²) in [5, 5.41) is 8.67. The van der Waals surface area contributed by atoms with Gasteiger partial charge in [0.05, 0.1) is 17.7 Å². The topological polar surface area (TPSA) is 81.9 Å². The van der Waals surface area contributed by atoms with E-state index in [4.69, 9.17) is 9.57 Å². The SMILES string of the molecule is CC/C(C)=N\OC(=O)NCCOC(=O)C(C)(CC)CC(C)n1c2ccccc2c2ccccc21. The van der Waals surface area contributed by atoms with Gasteiger partial charge in [-0.3, -0.25) is 9.63 Å². The van der Waals surface area contributed by atoms with E-state index in [1.807, 2.05) is 32.9 Å². The highest BCUT2D eigenvalue weighted by atomic mass is 16.7. The maximum absolute atomic E-state index is 13.0. The van der Waals surface area contributed by atoms with Gasteiger partial charge in [0.15, 0.2) is 0 Å². The fourth-order valence-electron chi connectivity index (χ4n) is 4.23. The van der Waals surface area contributed by atoms with Crippen LogP contribution in [0.4, 0.5) is 4.79 Å². The van der Waals surface area contributed by atoms with E-state index in [1.54, 1.807) is 6.92 Å². The first-order valence-electron chi connectivity index (χ1n) is 11.9. The number of oxime groups is 1. The molecule has 1 amide bonds. The van der Waals surface area contributed by atoms with Crippen molar-refractivity contribution in [3.8, 4) is 0 Å². The first-order valence-corrected chi connectivity index (χ1v) is 11.9. The Kier molecular flexibility index (Phi) is 8.31. The molecule has 2 unspecified atom stereocenters. The van der Waals surface area contributed by atoms with Gasteiger partial charge in [-0.05, 0) is 52.2 Å². The number of esters is 1. The number of carbonyl (C=O) groups excluding carboxylic acids is 2. The lowest BCUT2D eigenvalue weighted by molar-refractivity contribution is -0.156. The summed E-state index contributed by atoms with van der Waals surface area (Å²) in [5.41, 5.74) is 2.38. The van der Waals surface area contributed by atoms with Gasteiger partial charge < -0.3 is 14.6 Å². The number of hydrogen-bond donors (Lipinski definition) is 1. The molecule has 3 aromatic rings. The third-order valence-electron chi connectivity index (χ3n) is 6.48. The molecule has 1 N–H and O–H groups in total. The third-order valence-corrected chi connectivity index (χ3v) is 6.48. The molecule has 0 radical (unpaired) electrons.